The molecule has 0 fully saturated rings. The summed E-state index contributed by atoms with van der Waals surface area (Å²) in [6, 6.07) is 1.62. The topological polar surface area (TPSA) is 80.3 Å². The molecule has 0 unspecified atom stereocenters. The predicted octanol–water partition coefficient (Wildman–Crippen LogP) is 2.83. The monoisotopic (exact) mass is 301 g/mol. The van der Waals surface area contributed by atoms with Crippen LogP contribution in [0.15, 0.2) is 28.9 Å². The van der Waals surface area contributed by atoms with Crippen molar-refractivity contribution in [3.05, 3.63) is 35.9 Å². The lowest BCUT2D eigenvalue weighted by atomic mass is 10.0. The van der Waals surface area contributed by atoms with Gasteiger partial charge in [-0.1, -0.05) is 0 Å². The molecule has 0 amide bonds. The first-order chi connectivity index (χ1) is 9.86. The number of halogens is 3. The minimum Gasteiger partial charge on any atom is -0.476 e. The number of carboxylic acid groups (broad SMARTS) is 1. The minimum atomic E-state index is -4.54. The van der Waals surface area contributed by atoms with Crippen molar-refractivity contribution in [2.45, 2.75) is 24.7 Å². The Hall–Kier alpha value is -2.45. The van der Waals surface area contributed by atoms with Crippen molar-refractivity contribution < 1.29 is 27.5 Å². The molecular weight excluding hydrogens is 291 g/mol. The van der Waals surface area contributed by atoms with Crippen LogP contribution in [0.2, 0.25) is 0 Å². The van der Waals surface area contributed by atoms with Gasteiger partial charge in [-0.05, 0) is 12.1 Å². The second kappa shape index (κ2) is 4.54. The van der Waals surface area contributed by atoms with Gasteiger partial charge in [0.05, 0.1) is 12.3 Å². The average Bonchev–Trinajstić information content (AvgIpc) is 3.05. The Morgan fingerprint density at radius 3 is 2.86 bits per heavy atom. The van der Waals surface area contributed by atoms with Crippen molar-refractivity contribution >= 4 is 11.8 Å². The van der Waals surface area contributed by atoms with E-state index in [-0.39, 0.29) is 12.2 Å². The Balaban J connectivity index is 2.03. The molecule has 1 aliphatic rings. The number of carbonyl (C=O) groups is 1. The van der Waals surface area contributed by atoms with Crippen molar-refractivity contribution in [2.75, 3.05) is 5.32 Å². The standard InChI is InChI=1S/C12H10F3N3O3/c13-12(14,15)9-4-6(8-2-1-3-21-8)16-10-5-7(11(19)20)17-18(9)10/h1-3,5-6,9,16H,4H2,(H,19,20)/t6-,9+/m0/s1. The quantitative estimate of drug-likeness (QED) is 0.891. The summed E-state index contributed by atoms with van der Waals surface area (Å²) in [5.74, 6) is -1.02. The number of fused-ring (bicyclic) bond motifs is 1. The second-order valence-corrected chi connectivity index (χ2v) is 4.67. The third kappa shape index (κ3) is 2.34. The summed E-state index contributed by atoms with van der Waals surface area (Å²) in [6.07, 6.45) is -3.50. The molecule has 0 saturated heterocycles. The summed E-state index contributed by atoms with van der Waals surface area (Å²) < 4.78 is 45.3. The van der Waals surface area contributed by atoms with E-state index in [1.807, 2.05) is 0 Å². The number of nitrogens with zero attached hydrogens (tertiary/aromatic N) is 2. The third-order valence-corrected chi connectivity index (χ3v) is 3.30. The van der Waals surface area contributed by atoms with E-state index in [1.54, 1.807) is 12.1 Å². The lowest BCUT2D eigenvalue weighted by Crippen LogP contribution is -2.35. The number of hydrogen-bond acceptors (Lipinski definition) is 4. The second-order valence-electron chi connectivity index (χ2n) is 4.67. The molecule has 0 spiro atoms. The van der Waals surface area contributed by atoms with Gasteiger partial charge in [0.25, 0.3) is 0 Å². The fourth-order valence-electron chi connectivity index (χ4n) is 2.35. The van der Waals surface area contributed by atoms with Gasteiger partial charge in [0.2, 0.25) is 0 Å². The molecule has 0 aliphatic carbocycles. The number of anilines is 1. The van der Waals surface area contributed by atoms with Crippen LogP contribution in [0.25, 0.3) is 0 Å². The van der Waals surface area contributed by atoms with Crippen LogP contribution in [0.3, 0.4) is 0 Å². The molecule has 3 rings (SSSR count). The number of alkyl halides is 3. The Labute approximate surface area is 116 Å². The predicted molar refractivity (Wildman–Crippen MR) is 64.0 cm³/mol. The maximum Gasteiger partial charge on any atom is 0.410 e. The fraction of sp³-hybridized carbons (Fsp3) is 0.333. The highest BCUT2D eigenvalue weighted by Crippen LogP contribution is 2.43. The van der Waals surface area contributed by atoms with E-state index < -0.39 is 29.9 Å². The zero-order valence-corrected chi connectivity index (χ0v) is 10.5. The van der Waals surface area contributed by atoms with Gasteiger partial charge in [-0.3, -0.25) is 0 Å². The lowest BCUT2D eigenvalue weighted by Gasteiger charge is -2.32. The highest BCUT2D eigenvalue weighted by molar-refractivity contribution is 5.86. The molecule has 9 heteroatoms. The average molecular weight is 301 g/mol. The summed E-state index contributed by atoms with van der Waals surface area (Å²) in [7, 11) is 0. The molecule has 1 aliphatic heterocycles. The first kappa shape index (κ1) is 13.5. The van der Waals surface area contributed by atoms with E-state index >= 15 is 0 Å². The number of rotatable bonds is 2. The first-order valence-electron chi connectivity index (χ1n) is 6.06. The third-order valence-electron chi connectivity index (χ3n) is 3.30. The summed E-state index contributed by atoms with van der Waals surface area (Å²) in [6.45, 7) is 0. The van der Waals surface area contributed by atoms with E-state index in [9.17, 15) is 18.0 Å². The maximum absolute atomic E-state index is 13.2. The van der Waals surface area contributed by atoms with E-state index in [0.29, 0.717) is 10.4 Å². The first-order valence-corrected chi connectivity index (χ1v) is 6.06. The van der Waals surface area contributed by atoms with Crippen LogP contribution < -0.4 is 5.32 Å². The SMILES string of the molecule is O=C(O)c1cc2n(n1)[C@@H](C(F)(F)F)C[C@@H](c1ccco1)N2. The molecule has 0 aromatic carbocycles. The van der Waals surface area contributed by atoms with Crippen LogP contribution in [0.5, 0.6) is 0 Å². The summed E-state index contributed by atoms with van der Waals surface area (Å²) in [5, 5.41) is 15.2. The number of nitrogens with one attached hydrogen (secondary N) is 1. The van der Waals surface area contributed by atoms with E-state index in [1.165, 1.54) is 6.26 Å². The molecular formula is C12H10F3N3O3. The number of hydrogen-bond donors (Lipinski definition) is 2. The van der Waals surface area contributed by atoms with Gasteiger partial charge in [0.15, 0.2) is 11.7 Å². The van der Waals surface area contributed by atoms with Crippen molar-refractivity contribution in [3.63, 3.8) is 0 Å². The molecule has 0 radical (unpaired) electrons. The minimum absolute atomic E-state index is 0.00220. The van der Waals surface area contributed by atoms with Crippen LogP contribution in [0.4, 0.5) is 19.0 Å². The highest BCUT2D eigenvalue weighted by atomic mass is 19.4. The molecule has 0 saturated carbocycles. The molecule has 2 atom stereocenters. The van der Waals surface area contributed by atoms with Gasteiger partial charge in [-0.15, -0.1) is 0 Å². The zero-order chi connectivity index (χ0) is 15.2. The van der Waals surface area contributed by atoms with Crippen LogP contribution in [0.1, 0.15) is 34.8 Å². The number of carboxylic acids is 1. The molecule has 2 aromatic rings. The fourth-order valence-corrected chi connectivity index (χ4v) is 2.35. The molecule has 112 valence electrons. The van der Waals surface area contributed by atoms with Gasteiger partial charge in [0.1, 0.15) is 11.6 Å². The Morgan fingerprint density at radius 1 is 1.52 bits per heavy atom. The van der Waals surface area contributed by atoms with Crippen LogP contribution in [0, 0.1) is 0 Å². The Bertz CT molecular complexity index is 663. The zero-order valence-electron chi connectivity index (χ0n) is 10.5. The smallest absolute Gasteiger partial charge is 0.410 e. The van der Waals surface area contributed by atoms with Crippen LogP contribution in [-0.2, 0) is 0 Å². The van der Waals surface area contributed by atoms with Crippen molar-refractivity contribution in [1.82, 2.24) is 9.78 Å². The van der Waals surface area contributed by atoms with Crippen molar-refractivity contribution in [3.8, 4) is 0 Å². The summed E-state index contributed by atoms with van der Waals surface area (Å²) in [4.78, 5) is 10.9. The van der Waals surface area contributed by atoms with Crippen LogP contribution >= 0.6 is 0 Å². The summed E-state index contributed by atoms with van der Waals surface area (Å²) in [5.41, 5.74) is -0.438. The number of aromatic carboxylic acids is 1. The highest BCUT2D eigenvalue weighted by Gasteiger charge is 2.47. The molecule has 0 bridgehead atoms. The number of aromatic nitrogens is 2. The van der Waals surface area contributed by atoms with E-state index in [4.69, 9.17) is 9.52 Å². The van der Waals surface area contributed by atoms with E-state index in [2.05, 4.69) is 10.4 Å². The van der Waals surface area contributed by atoms with Crippen LogP contribution in [-0.4, -0.2) is 27.0 Å². The Morgan fingerprint density at radius 2 is 2.29 bits per heavy atom. The largest absolute Gasteiger partial charge is 0.476 e. The van der Waals surface area contributed by atoms with Gasteiger partial charge in [0, 0.05) is 12.5 Å². The normalized spacial score (nSPS) is 21.7. The summed E-state index contributed by atoms with van der Waals surface area (Å²) >= 11 is 0. The number of furan rings is 1. The van der Waals surface area contributed by atoms with E-state index in [0.717, 1.165) is 6.07 Å². The maximum atomic E-state index is 13.2. The molecule has 2 aromatic heterocycles. The lowest BCUT2D eigenvalue weighted by molar-refractivity contribution is -0.174. The molecule has 2 N–H and O–H groups in total. The molecule has 21 heavy (non-hydrogen) atoms. The van der Waals surface area contributed by atoms with Gasteiger partial charge >= 0.3 is 12.1 Å². The molecule has 6 nitrogen and oxygen atoms in total. The van der Waals surface area contributed by atoms with Gasteiger partial charge in [-0.2, -0.15) is 18.3 Å². The van der Waals surface area contributed by atoms with Gasteiger partial charge in [-0.25, -0.2) is 9.48 Å². The van der Waals surface area contributed by atoms with Crippen molar-refractivity contribution in [1.29, 1.82) is 0 Å². The van der Waals surface area contributed by atoms with Gasteiger partial charge < -0.3 is 14.8 Å². The molecule has 3 heterocycles. The van der Waals surface area contributed by atoms with Crippen molar-refractivity contribution in [2.24, 2.45) is 0 Å². The Kier molecular flexibility index (Phi) is 2.92.